The third-order valence-corrected chi connectivity index (χ3v) is 5.89. The zero-order valence-corrected chi connectivity index (χ0v) is 17.6. The average Bonchev–Trinajstić information content (AvgIpc) is 3.46. The number of nitrogens with zero attached hydrogens (tertiary/aromatic N) is 6. The third-order valence-electron chi connectivity index (χ3n) is 5.89. The Morgan fingerprint density at radius 2 is 2.06 bits per heavy atom. The van der Waals surface area contributed by atoms with Gasteiger partial charge >= 0.3 is 0 Å². The molecular weight excluding hydrogens is 402 g/mol. The van der Waals surface area contributed by atoms with Gasteiger partial charge in [0.05, 0.1) is 24.0 Å². The molecule has 0 saturated carbocycles. The number of aromatic nitrogens is 5. The fraction of sp³-hybridized carbons (Fsp3) is 0.524. The first-order chi connectivity index (χ1) is 14.9. The molecule has 164 valence electrons. The first-order valence-corrected chi connectivity index (χ1v) is 10.7. The second-order valence-electron chi connectivity index (χ2n) is 8.63. The first kappa shape index (κ1) is 20.0. The van der Waals surface area contributed by atoms with E-state index in [9.17, 15) is 8.78 Å². The van der Waals surface area contributed by atoms with Gasteiger partial charge in [-0.25, -0.2) is 18.7 Å². The van der Waals surface area contributed by atoms with Crippen LogP contribution in [0.5, 0.6) is 0 Å². The quantitative estimate of drug-likeness (QED) is 0.644. The molecule has 3 aromatic heterocycles. The van der Waals surface area contributed by atoms with Gasteiger partial charge in [0.2, 0.25) is 5.95 Å². The Bertz CT molecular complexity index is 1090. The minimum absolute atomic E-state index is 0.175. The van der Waals surface area contributed by atoms with Crippen molar-refractivity contribution >= 4 is 28.5 Å². The zero-order chi connectivity index (χ0) is 21.6. The summed E-state index contributed by atoms with van der Waals surface area (Å²) < 4.78 is 29.6. The van der Waals surface area contributed by atoms with Gasteiger partial charge in [-0.2, -0.15) is 10.1 Å². The summed E-state index contributed by atoms with van der Waals surface area (Å²) in [4.78, 5) is 15.3. The molecule has 2 saturated heterocycles. The summed E-state index contributed by atoms with van der Waals surface area (Å²) in [7, 11) is 0. The second kappa shape index (κ2) is 7.67. The summed E-state index contributed by atoms with van der Waals surface area (Å²) >= 11 is 0. The van der Waals surface area contributed by atoms with E-state index in [4.69, 9.17) is 0 Å². The van der Waals surface area contributed by atoms with Gasteiger partial charge in [0.1, 0.15) is 11.6 Å². The number of fused-ring (bicyclic) bond motifs is 1. The van der Waals surface area contributed by atoms with E-state index < -0.39 is 5.92 Å². The topological polar surface area (TPSA) is 83.8 Å². The molecule has 8 nitrogen and oxygen atoms in total. The summed E-state index contributed by atoms with van der Waals surface area (Å²) in [6.45, 7) is 5.79. The van der Waals surface area contributed by atoms with Gasteiger partial charge in [-0.05, 0) is 26.8 Å². The minimum atomic E-state index is -2.70. The molecule has 31 heavy (non-hydrogen) atoms. The lowest BCUT2D eigenvalue weighted by Crippen LogP contribution is -2.27. The summed E-state index contributed by atoms with van der Waals surface area (Å²) in [5, 5.41) is 12.0. The van der Waals surface area contributed by atoms with E-state index in [1.165, 1.54) is 0 Å². The number of hydrogen-bond acceptors (Lipinski definition) is 7. The van der Waals surface area contributed by atoms with Crippen molar-refractivity contribution in [2.45, 2.75) is 44.6 Å². The maximum Gasteiger partial charge on any atom is 0.267 e. The number of halogens is 2. The lowest BCUT2D eigenvalue weighted by atomic mass is 10.0. The van der Waals surface area contributed by atoms with E-state index in [1.807, 2.05) is 16.8 Å². The number of rotatable bonds is 5. The van der Waals surface area contributed by atoms with Gasteiger partial charge in [-0.3, -0.25) is 4.68 Å². The Labute approximate surface area is 179 Å². The summed E-state index contributed by atoms with van der Waals surface area (Å²) in [6, 6.07) is 4.06. The van der Waals surface area contributed by atoms with Crippen molar-refractivity contribution in [1.82, 2.24) is 30.0 Å². The molecule has 2 aliphatic rings. The molecule has 10 heteroatoms. The van der Waals surface area contributed by atoms with Crippen LogP contribution in [0, 0.1) is 0 Å². The van der Waals surface area contributed by atoms with Crippen molar-refractivity contribution < 1.29 is 8.78 Å². The van der Waals surface area contributed by atoms with Crippen LogP contribution in [0.3, 0.4) is 0 Å². The fourth-order valence-corrected chi connectivity index (χ4v) is 4.23. The predicted molar refractivity (Wildman–Crippen MR) is 115 cm³/mol. The standard InChI is InChI=1S/C21H26F2N8/c1-13(2)31-17-8-18(25-10-15(17)11-26-31)28-19-7-16(14-3-5-24-9-14)27-20(29-19)30-6-4-21(22,23)12-30/h7-8,10-11,13-14,24H,3-6,9,12H2,1-2H3,(H,25,27,28,29)/t14-/m1/s1. The monoisotopic (exact) mass is 428 g/mol. The molecule has 0 aliphatic carbocycles. The average molecular weight is 428 g/mol. The van der Waals surface area contributed by atoms with Crippen LogP contribution in [-0.4, -0.2) is 56.8 Å². The van der Waals surface area contributed by atoms with Crippen molar-refractivity contribution in [3.05, 3.63) is 30.2 Å². The number of alkyl halides is 2. The lowest BCUT2D eigenvalue weighted by Gasteiger charge is -2.19. The third kappa shape index (κ3) is 4.04. The molecule has 0 amide bonds. The van der Waals surface area contributed by atoms with E-state index in [0.29, 0.717) is 17.6 Å². The van der Waals surface area contributed by atoms with Gasteiger partial charge in [0.15, 0.2) is 0 Å². The van der Waals surface area contributed by atoms with E-state index in [-0.39, 0.29) is 31.5 Å². The van der Waals surface area contributed by atoms with Crippen LogP contribution in [0.15, 0.2) is 24.5 Å². The van der Waals surface area contributed by atoms with Crippen LogP contribution in [0.1, 0.15) is 44.3 Å². The van der Waals surface area contributed by atoms with E-state index >= 15 is 0 Å². The highest BCUT2D eigenvalue weighted by Crippen LogP contribution is 2.32. The van der Waals surface area contributed by atoms with Crippen molar-refractivity contribution in [2.75, 3.05) is 36.4 Å². The molecule has 5 rings (SSSR count). The van der Waals surface area contributed by atoms with Crippen LogP contribution < -0.4 is 15.5 Å². The van der Waals surface area contributed by atoms with Crippen molar-refractivity contribution in [3.63, 3.8) is 0 Å². The molecule has 0 unspecified atom stereocenters. The molecule has 2 N–H and O–H groups in total. The van der Waals surface area contributed by atoms with Crippen LogP contribution in [0.4, 0.5) is 26.4 Å². The Morgan fingerprint density at radius 3 is 2.77 bits per heavy atom. The van der Waals surface area contributed by atoms with Crippen molar-refractivity contribution in [1.29, 1.82) is 0 Å². The molecule has 5 heterocycles. The lowest BCUT2D eigenvalue weighted by molar-refractivity contribution is 0.0256. The van der Waals surface area contributed by atoms with Crippen LogP contribution in [-0.2, 0) is 0 Å². The number of hydrogen-bond donors (Lipinski definition) is 2. The fourth-order valence-electron chi connectivity index (χ4n) is 4.23. The molecule has 2 fully saturated rings. The van der Waals surface area contributed by atoms with E-state index in [2.05, 4.69) is 44.5 Å². The maximum absolute atomic E-state index is 13.8. The highest BCUT2D eigenvalue weighted by Gasteiger charge is 2.39. The molecule has 2 aliphatic heterocycles. The molecule has 0 spiro atoms. The first-order valence-electron chi connectivity index (χ1n) is 10.7. The van der Waals surface area contributed by atoms with Crippen molar-refractivity contribution in [2.24, 2.45) is 0 Å². The Morgan fingerprint density at radius 1 is 1.19 bits per heavy atom. The predicted octanol–water partition coefficient (Wildman–Crippen LogP) is 3.47. The highest BCUT2D eigenvalue weighted by atomic mass is 19.3. The van der Waals surface area contributed by atoms with Gasteiger partial charge in [-0.1, -0.05) is 0 Å². The molecule has 0 radical (unpaired) electrons. The zero-order valence-electron chi connectivity index (χ0n) is 17.6. The van der Waals surface area contributed by atoms with E-state index in [1.54, 1.807) is 17.3 Å². The van der Waals surface area contributed by atoms with E-state index in [0.717, 1.165) is 36.1 Å². The summed E-state index contributed by atoms with van der Waals surface area (Å²) in [6.07, 6.45) is 4.36. The number of anilines is 3. The Hall–Kier alpha value is -2.88. The maximum atomic E-state index is 13.8. The molecule has 0 aromatic carbocycles. The second-order valence-corrected chi connectivity index (χ2v) is 8.63. The Balaban J connectivity index is 1.49. The summed E-state index contributed by atoms with van der Waals surface area (Å²) in [5.41, 5.74) is 1.84. The van der Waals surface area contributed by atoms with Crippen LogP contribution in [0.25, 0.3) is 10.9 Å². The SMILES string of the molecule is CC(C)n1ncc2cnc(Nc3cc([C@@H]4CCNC4)nc(N4CCC(F)(F)C4)n3)cc21. The highest BCUT2D eigenvalue weighted by molar-refractivity contribution is 5.81. The normalized spacial score (nSPS) is 20.8. The number of pyridine rings is 1. The smallest absolute Gasteiger partial charge is 0.267 e. The minimum Gasteiger partial charge on any atom is -0.334 e. The van der Waals surface area contributed by atoms with Gasteiger partial charge < -0.3 is 15.5 Å². The molecule has 3 aromatic rings. The van der Waals surface area contributed by atoms with Gasteiger partial charge in [0, 0.05) is 55.2 Å². The Kier molecular flexibility index (Phi) is 4.96. The molecule has 0 bridgehead atoms. The largest absolute Gasteiger partial charge is 0.334 e. The number of nitrogens with one attached hydrogen (secondary N) is 2. The van der Waals surface area contributed by atoms with Crippen LogP contribution in [0.2, 0.25) is 0 Å². The van der Waals surface area contributed by atoms with Gasteiger partial charge in [0.25, 0.3) is 5.92 Å². The van der Waals surface area contributed by atoms with Crippen LogP contribution >= 0.6 is 0 Å². The molecular formula is C21H26F2N8. The summed E-state index contributed by atoms with van der Waals surface area (Å²) in [5.74, 6) is -0.934. The van der Waals surface area contributed by atoms with Crippen molar-refractivity contribution in [3.8, 4) is 0 Å². The van der Waals surface area contributed by atoms with Gasteiger partial charge in [-0.15, -0.1) is 0 Å². The molecule has 1 atom stereocenters.